The number of hydrogen-bond acceptors (Lipinski definition) is 3. The van der Waals surface area contributed by atoms with E-state index in [1.54, 1.807) is 10.6 Å². The van der Waals surface area contributed by atoms with Crippen molar-refractivity contribution in [1.82, 2.24) is 13.9 Å². The third-order valence-corrected chi connectivity index (χ3v) is 6.25. The van der Waals surface area contributed by atoms with Crippen molar-refractivity contribution in [2.24, 2.45) is 0 Å². The van der Waals surface area contributed by atoms with E-state index in [9.17, 15) is 9.59 Å². The third-order valence-electron chi connectivity index (χ3n) is 6.25. The first-order chi connectivity index (χ1) is 15.0. The van der Waals surface area contributed by atoms with E-state index in [2.05, 4.69) is 43.0 Å². The van der Waals surface area contributed by atoms with Gasteiger partial charge in [0.1, 0.15) is 12.1 Å². The molecule has 1 aliphatic heterocycles. The number of benzene rings is 2. The molecule has 158 valence electrons. The number of para-hydroxylation sites is 2. The summed E-state index contributed by atoms with van der Waals surface area (Å²) in [4.78, 5) is 30.6. The Morgan fingerprint density at radius 1 is 0.968 bits per heavy atom. The third kappa shape index (κ3) is 3.38. The number of anilines is 1. The number of aryl methyl sites for hydroxylation is 1. The average Bonchev–Trinajstić information content (AvgIpc) is 3.27. The maximum Gasteiger partial charge on any atom is 0.275 e. The molecule has 0 saturated carbocycles. The van der Waals surface area contributed by atoms with Gasteiger partial charge in [-0.2, -0.15) is 0 Å². The van der Waals surface area contributed by atoms with Crippen molar-refractivity contribution < 1.29 is 4.79 Å². The molecule has 1 amide bonds. The minimum atomic E-state index is -0.136. The van der Waals surface area contributed by atoms with Crippen molar-refractivity contribution in [2.75, 3.05) is 24.5 Å². The van der Waals surface area contributed by atoms with Gasteiger partial charge in [0.2, 0.25) is 5.91 Å². The molecule has 1 aliphatic rings. The molecule has 0 N–H and O–H groups in total. The van der Waals surface area contributed by atoms with Gasteiger partial charge in [-0.05, 0) is 55.8 Å². The van der Waals surface area contributed by atoms with E-state index in [4.69, 9.17) is 0 Å². The summed E-state index contributed by atoms with van der Waals surface area (Å²) < 4.78 is 3.51. The zero-order valence-corrected chi connectivity index (χ0v) is 17.9. The van der Waals surface area contributed by atoms with Gasteiger partial charge in [-0.3, -0.25) is 14.2 Å². The Kier molecular flexibility index (Phi) is 4.77. The number of rotatable bonds is 3. The van der Waals surface area contributed by atoms with E-state index in [1.807, 2.05) is 45.8 Å². The van der Waals surface area contributed by atoms with Crippen LogP contribution in [0.15, 0.2) is 71.7 Å². The highest BCUT2D eigenvalue weighted by molar-refractivity contribution is 5.83. The Morgan fingerprint density at radius 2 is 1.74 bits per heavy atom. The largest absolute Gasteiger partial charge is 0.365 e. The highest BCUT2D eigenvalue weighted by Gasteiger charge is 2.27. The zero-order chi connectivity index (χ0) is 21.5. The summed E-state index contributed by atoms with van der Waals surface area (Å²) in [5, 5.41) is 0. The molecule has 0 aliphatic carbocycles. The van der Waals surface area contributed by atoms with Crippen molar-refractivity contribution in [3.63, 3.8) is 0 Å². The van der Waals surface area contributed by atoms with Crippen LogP contribution in [0.3, 0.4) is 0 Å². The van der Waals surface area contributed by atoms with Gasteiger partial charge >= 0.3 is 0 Å². The monoisotopic (exact) mass is 414 g/mol. The molecule has 0 radical (unpaired) electrons. The highest BCUT2D eigenvalue weighted by Crippen LogP contribution is 2.22. The van der Waals surface area contributed by atoms with Crippen molar-refractivity contribution in [3.8, 4) is 0 Å². The minimum absolute atomic E-state index is 0.0149. The lowest BCUT2D eigenvalue weighted by Crippen LogP contribution is -2.54. The molecule has 5 rings (SSSR count). The van der Waals surface area contributed by atoms with E-state index in [1.165, 1.54) is 11.3 Å². The Morgan fingerprint density at radius 3 is 2.52 bits per heavy atom. The van der Waals surface area contributed by atoms with Crippen molar-refractivity contribution >= 4 is 28.1 Å². The van der Waals surface area contributed by atoms with Crippen molar-refractivity contribution in [1.29, 1.82) is 0 Å². The molecule has 31 heavy (non-hydrogen) atoms. The average molecular weight is 415 g/mol. The van der Waals surface area contributed by atoms with Gasteiger partial charge < -0.3 is 14.2 Å². The van der Waals surface area contributed by atoms with Gasteiger partial charge in [-0.15, -0.1) is 0 Å². The van der Waals surface area contributed by atoms with Crippen LogP contribution < -0.4 is 10.5 Å². The fourth-order valence-corrected chi connectivity index (χ4v) is 4.68. The molecule has 0 bridgehead atoms. The molecule has 1 fully saturated rings. The summed E-state index contributed by atoms with van der Waals surface area (Å²) in [7, 11) is 0. The predicted molar refractivity (Wildman–Crippen MR) is 124 cm³/mol. The number of hydrogen-bond donors (Lipinski definition) is 0. The molecule has 1 saturated heterocycles. The van der Waals surface area contributed by atoms with Gasteiger partial charge in [0.05, 0.1) is 11.0 Å². The fourth-order valence-electron chi connectivity index (χ4n) is 4.68. The first-order valence-electron chi connectivity index (χ1n) is 10.7. The standard InChI is InChI=1S/C25H26N4O2/c1-18-7-5-8-20(15-18)27-14-13-26(16-19(27)2)24(30)17-29-22-10-4-3-9-21(22)28-12-6-11-23(28)25(29)31/h3-12,15,19H,13-14,16-17H2,1-2H3/t19-/m0/s1. The fraction of sp³-hybridized carbons (Fsp3) is 0.280. The summed E-state index contributed by atoms with van der Waals surface area (Å²) in [6, 6.07) is 20.1. The molecule has 4 aromatic rings. The number of piperazine rings is 1. The first kappa shape index (κ1) is 19.4. The molecule has 0 unspecified atom stereocenters. The topological polar surface area (TPSA) is 50.0 Å². The van der Waals surface area contributed by atoms with Crippen LogP contribution in [-0.2, 0) is 11.3 Å². The molecular formula is C25H26N4O2. The van der Waals surface area contributed by atoms with Gasteiger partial charge in [0.15, 0.2) is 0 Å². The second-order valence-corrected chi connectivity index (χ2v) is 8.36. The molecule has 6 nitrogen and oxygen atoms in total. The van der Waals surface area contributed by atoms with E-state index in [-0.39, 0.29) is 24.1 Å². The van der Waals surface area contributed by atoms with Crippen LogP contribution in [0, 0.1) is 6.92 Å². The van der Waals surface area contributed by atoms with Crippen LogP contribution >= 0.6 is 0 Å². The maximum atomic E-state index is 13.2. The van der Waals surface area contributed by atoms with Crippen molar-refractivity contribution in [3.05, 3.63) is 82.8 Å². The van der Waals surface area contributed by atoms with Crippen LogP contribution in [0.1, 0.15) is 12.5 Å². The Bertz CT molecular complexity index is 1340. The summed E-state index contributed by atoms with van der Waals surface area (Å²) in [6.07, 6.45) is 1.89. The number of fused-ring (bicyclic) bond motifs is 3. The lowest BCUT2D eigenvalue weighted by molar-refractivity contribution is -0.132. The lowest BCUT2D eigenvalue weighted by atomic mass is 10.1. The molecule has 2 aromatic heterocycles. The molecule has 1 atom stereocenters. The molecule has 0 spiro atoms. The van der Waals surface area contributed by atoms with Crippen LogP contribution in [0.5, 0.6) is 0 Å². The van der Waals surface area contributed by atoms with E-state index in [0.29, 0.717) is 18.6 Å². The van der Waals surface area contributed by atoms with Crippen LogP contribution in [0.2, 0.25) is 0 Å². The van der Waals surface area contributed by atoms with Crippen molar-refractivity contribution in [2.45, 2.75) is 26.4 Å². The number of amides is 1. The number of aromatic nitrogens is 2. The van der Waals surface area contributed by atoms with E-state index >= 15 is 0 Å². The maximum absolute atomic E-state index is 13.2. The van der Waals surface area contributed by atoms with Gasteiger partial charge in [0, 0.05) is 37.6 Å². The minimum Gasteiger partial charge on any atom is -0.365 e. The Labute approximate surface area is 180 Å². The molecule has 6 heteroatoms. The highest BCUT2D eigenvalue weighted by atomic mass is 16.2. The summed E-state index contributed by atoms with van der Waals surface area (Å²) in [5.41, 5.74) is 4.58. The summed E-state index contributed by atoms with van der Waals surface area (Å²) >= 11 is 0. The normalized spacial score (nSPS) is 16.9. The molecular weight excluding hydrogens is 388 g/mol. The second-order valence-electron chi connectivity index (χ2n) is 8.36. The van der Waals surface area contributed by atoms with Crippen LogP contribution in [-0.4, -0.2) is 45.5 Å². The van der Waals surface area contributed by atoms with Crippen LogP contribution in [0.4, 0.5) is 5.69 Å². The van der Waals surface area contributed by atoms with E-state index < -0.39 is 0 Å². The quantitative estimate of drug-likeness (QED) is 0.517. The molecule has 3 heterocycles. The zero-order valence-electron chi connectivity index (χ0n) is 17.9. The Hall–Kier alpha value is -3.54. The first-order valence-corrected chi connectivity index (χ1v) is 10.7. The Balaban J connectivity index is 1.40. The predicted octanol–water partition coefficient (Wildman–Crippen LogP) is 3.30. The number of nitrogens with zero attached hydrogens (tertiary/aromatic N) is 4. The number of carbonyl (C=O) groups is 1. The summed E-state index contributed by atoms with van der Waals surface area (Å²) in [6.45, 7) is 6.37. The van der Waals surface area contributed by atoms with Gasteiger partial charge in [0.25, 0.3) is 5.56 Å². The molecule has 2 aromatic carbocycles. The lowest BCUT2D eigenvalue weighted by Gasteiger charge is -2.41. The second kappa shape index (κ2) is 7.61. The van der Waals surface area contributed by atoms with E-state index in [0.717, 1.165) is 17.6 Å². The SMILES string of the molecule is Cc1cccc(N2CCN(C(=O)Cn3c(=O)c4cccn4c4ccccc43)C[C@@H]2C)c1. The van der Waals surface area contributed by atoms with Gasteiger partial charge in [-0.1, -0.05) is 24.3 Å². The van der Waals surface area contributed by atoms with Crippen LogP contribution in [0.25, 0.3) is 16.6 Å². The smallest absolute Gasteiger partial charge is 0.275 e. The summed E-state index contributed by atoms with van der Waals surface area (Å²) in [5.74, 6) is -0.0149. The van der Waals surface area contributed by atoms with Gasteiger partial charge in [-0.25, -0.2) is 0 Å². The number of carbonyl (C=O) groups excluding carboxylic acids is 1.